The van der Waals surface area contributed by atoms with E-state index in [0.29, 0.717) is 5.92 Å². The molecule has 0 bridgehead atoms. The molecule has 0 amide bonds. The summed E-state index contributed by atoms with van der Waals surface area (Å²) in [6, 6.07) is 0. The maximum Gasteiger partial charge on any atom is 0.0341 e. The molecule has 2 aliphatic rings. The van der Waals surface area contributed by atoms with E-state index < -0.39 is 0 Å². The van der Waals surface area contributed by atoms with E-state index in [2.05, 4.69) is 50.5 Å². The fourth-order valence-corrected chi connectivity index (χ4v) is 3.46. The van der Waals surface area contributed by atoms with Crippen molar-refractivity contribution in [3.63, 3.8) is 0 Å². The number of hydrogen-bond donors (Lipinski definition) is 2. The fraction of sp³-hybridized carbons (Fsp3) is 0.667. The van der Waals surface area contributed by atoms with E-state index in [1.54, 1.807) is 5.57 Å². The van der Waals surface area contributed by atoms with Crippen molar-refractivity contribution in [2.45, 2.75) is 59.8 Å². The molecule has 1 unspecified atom stereocenters. The molecule has 112 valence electrons. The zero-order valence-electron chi connectivity index (χ0n) is 13.8. The lowest BCUT2D eigenvalue weighted by atomic mass is 9.75. The average molecular weight is 274 g/mol. The fourth-order valence-electron chi connectivity index (χ4n) is 3.46. The zero-order chi connectivity index (χ0) is 14.8. The first kappa shape index (κ1) is 15.2. The summed E-state index contributed by atoms with van der Waals surface area (Å²) in [5, 5.41) is 7.06. The van der Waals surface area contributed by atoms with Gasteiger partial charge in [-0.25, -0.2) is 0 Å². The van der Waals surface area contributed by atoms with Crippen LogP contribution in [0.2, 0.25) is 0 Å². The molecule has 0 fully saturated rings. The molecule has 20 heavy (non-hydrogen) atoms. The lowest BCUT2D eigenvalue weighted by molar-refractivity contribution is 0.425. The maximum absolute atomic E-state index is 3.69. The quantitative estimate of drug-likeness (QED) is 0.793. The summed E-state index contributed by atoms with van der Waals surface area (Å²) in [6.45, 7) is 9.28. The van der Waals surface area contributed by atoms with E-state index in [1.807, 2.05) is 7.05 Å². The minimum absolute atomic E-state index is 0.279. The predicted molar refractivity (Wildman–Crippen MR) is 87.1 cm³/mol. The van der Waals surface area contributed by atoms with Crippen LogP contribution in [0.5, 0.6) is 0 Å². The summed E-state index contributed by atoms with van der Waals surface area (Å²) < 4.78 is 0. The minimum Gasteiger partial charge on any atom is -0.390 e. The number of hydrogen-bond acceptors (Lipinski definition) is 2. The first-order valence-electron chi connectivity index (χ1n) is 8.00. The van der Waals surface area contributed by atoms with Crippen LogP contribution in [0.4, 0.5) is 0 Å². The molecule has 0 heterocycles. The van der Waals surface area contributed by atoms with Gasteiger partial charge in [0.15, 0.2) is 0 Å². The molecule has 1 atom stereocenters. The number of nitrogens with one attached hydrogen (secondary N) is 2. The topological polar surface area (TPSA) is 24.1 Å². The van der Waals surface area contributed by atoms with E-state index in [-0.39, 0.29) is 5.41 Å². The van der Waals surface area contributed by atoms with E-state index in [4.69, 9.17) is 0 Å². The molecule has 2 aliphatic carbocycles. The van der Waals surface area contributed by atoms with Crippen LogP contribution in [-0.4, -0.2) is 7.05 Å². The zero-order valence-corrected chi connectivity index (χ0v) is 13.8. The molecule has 0 radical (unpaired) electrons. The SMILES string of the molecule is CNC1=C(NC2=CC=C(C(C)(C)C)C(C)C2)CCCC1. The Kier molecular flexibility index (Phi) is 4.62. The second kappa shape index (κ2) is 6.07. The number of allylic oxidation sites excluding steroid dienone is 6. The molecule has 0 aromatic carbocycles. The molecule has 0 aromatic heterocycles. The lowest BCUT2D eigenvalue weighted by Gasteiger charge is -2.32. The maximum atomic E-state index is 3.69. The molecular weight excluding hydrogens is 244 g/mol. The normalized spacial score (nSPS) is 24.1. The third-order valence-corrected chi connectivity index (χ3v) is 4.47. The molecule has 0 saturated heterocycles. The van der Waals surface area contributed by atoms with Gasteiger partial charge in [-0.1, -0.05) is 39.3 Å². The van der Waals surface area contributed by atoms with Crippen molar-refractivity contribution in [3.8, 4) is 0 Å². The Hall–Kier alpha value is -1.18. The van der Waals surface area contributed by atoms with Crippen molar-refractivity contribution in [3.05, 3.63) is 34.8 Å². The van der Waals surface area contributed by atoms with Crippen molar-refractivity contribution >= 4 is 0 Å². The van der Waals surface area contributed by atoms with Gasteiger partial charge in [0.05, 0.1) is 0 Å². The van der Waals surface area contributed by atoms with Crippen molar-refractivity contribution in [1.29, 1.82) is 0 Å². The van der Waals surface area contributed by atoms with Gasteiger partial charge in [0.2, 0.25) is 0 Å². The molecule has 2 nitrogen and oxygen atoms in total. The Morgan fingerprint density at radius 3 is 2.25 bits per heavy atom. The van der Waals surface area contributed by atoms with Crippen LogP contribution < -0.4 is 10.6 Å². The molecular formula is C18H30N2. The van der Waals surface area contributed by atoms with Crippen molar-refractivity contribution in [2.24, 2.45) is 11.3 Å². The van der Waals surface area contributed by atoms with E-state index in [9.17, 15) is 0 Å². The van der Waals surface area contributed by atoms with Gasteiger partial charge in [0, 0.05) is 24.1 Å². The molecule has 2 rings (SSSR count). The van der Waals surface area contributed by atoms with Crippen LogP contribution in [0, 0.1) is 11.3 Å². The van der Waals surface area contributed by atoms with E-state index >= 15 is 0 Å². The third-order valence-electron chi connectivity index (χ3n) is 4.47. The highest BCUT2D eigenvalue weighted by Crippen LogP contribution is 2.37. The highest BCUT2D eigenvalue weighted by atomic mass is 15.0. The predicted octanol–water partition coefficient (Wildman–Crippen LogP) is 4.48. The first-order valence-corrected chi connectivity index (χ1v) is 8.00. The van der Waals surface area contributed by atoms with Gasteiger partial charge in [-0.05, 0) is 49.5 Å². The average Bonchev–Trinajstić information content (AvgIpc) is 2.38. The Labute approximate surface area is 124 Å². The summed E-state index contributed by atoms with van der Waals surface area (Å²) >= 11 is 0. The van der Waals surface area contributed by atoms with Gasteiger partial charge in [0.1, 0.15) is 0 Å². The van der Waals surface area contributed by atoms with Crippen LogP contribution in [0.15, 0.2) is 34.8 Å². The number of rotatable bonds is 3. The molecule has 2 N–H and O–H groups in total. The summed E-state index contributed by atoms with van der Waals surface area (Å²) in [5.41, 5.74) is 6.02. The van der Waals surface area contributed by atoms with E-state index in [1.165, 1.54) is 42.8 Å². The Balaban J connectivity index is 2.14. The Bertz CT molecular complexity index is 447. The van der Waals surface area contributed by atoms with Gasteiger partial charge in [-0.15, -0.1) is 0 Å². The van der Waals surface area contributed by atoms with Gasteiger partial charge >= 0.3 is 0 Å². The van der Waals surface area contributed by atoms with Crippen LogP contribution in [0.1, 0.15) is 59.8 Å². The summed E-state index contributed by atoms with van der Waals surface area (Å²) in [7, 11) is 2.04. The minimum atomic E-state index is 0.279. The van der Waals surface area contributed by atoms with Crippen LogP contribution in [0.25, 0.3) is 0 Å². The lowest BCUT2D eigenvalue weighted by Crippen LogP contribution is -2.26. The molecule has 0 aromatic rings. The van der Waals surface area contributed by atoms with Gasteiger partial charge < -0.3 is 10.6 Å². The Morgan fingerprint density at radius 2 is 1.70 bits per heavy atom. The summed E-state index contributed by atoms with van der Waals surface area (Å²) in [5.74, 6) is 0.629. The molecule has 0 spiro atoms. The summed E-state index contributed by atoms with van der Waals surface area (Å²) in [6.07, 6.45) is 10.7. The molecule has 0 aliphatic heterocycles. The monoisotopic (exact) mass is 274 g/mol. The highest BCUT2D eigenvalue weighted by Gasteiger charge is 2.25. The summed E-state index contributed by atoms with van der Waals surface area (Å²) in [4.78, 5) is 0. The van der Waals surface area contributed by atoms with Gasteiger partial charge in [-0.3, -0.25) is 0 Å². The van der Waals surface area contributed by atoms with Crippen LogP contribution >= 0.6 is 0 Å². The second-order valence-electron chi connectivity index (χ2n) is 7.21. The molecule has 0 saturated carbocycles. The standard InChI is InChI=1S/C18H30N2/c1-13-12-14(10-11-15(13)18(2,3)4)20-17-9-7-6-8-16(17)19-5/h10-11,13,19-20H,6-9,12H2,1-5H3. The largest absolute Gasteiger partial charge is 0.390 e. The van der Waals surface area contributed by atoms with Crippen LogP contribution in [-0.2, 0) is 0 Å². The van der Waals surface area contributed by atoms with Gasteiger partial charge in [0.25, 0.3) is 0 Å². The van der Waals surface area contributed by atoms with Crippen molar-refractivity contribution < 1.29 is 0 Å². The van der Waals surface area contributed by atoms with Crippen molar-refractivity contribution in [1.82, 2.24) is 10.6 Å². The Morgan fingerprint density at radius 1 is 1.05 bits per heavy atom. The first-order chi connectivity index (χ1) is 9.41. The van der Waals surface area contributed by atoms with Gasteiger partial charge in [-0.2, -0.15) is 0 Å². The third kappa shape index (κ3) is 3.47. The van der Waals surface area contributed by atoms with Crippen LogP contribution in [0.3, 0.4) is 0 Å². The molecule has 2 heteroatoms. The smallest absolute Gasteiger partial charge is 0.0341 e. The van der Waals surface area contributed by atoms with E-state index in [0.717, 1.165) is 6.42 Å². The van der Waals surface area contributed by atoms with Crippen molar-refractivity contribution in [2.75, 3.05) is 7.05 Å². The highest BCUT2D eigenvalue weighted by molar-refractivity contribution is 5.31. The second-order valence-corrected chi connectivity index (χ2v) is 7.21.